The van der Waals surface area contributed by atoms with E-state index in [0.717, 1.165) is 44.9 Å². The third-order valence-electron chi connectivity index (χ3n) is 8.06. The number of anilines is 1. The first-order valence-corrected chi connectivity index (χ1v) is 15.7. The number of rotatable bonds is 10. The van der Waals surface area contributed by atoms with E-state index in [4.69, 9.17) is 9.47 Å². The second-order valence-electron chi connectivity index (χ2n) is 11.3. The fraction of sp³-hybridized carbons (Fsp3) is 0.355. The number of alkyl halides is 1. The zero-order valence-corrected chi connectivity index (χ0v) is 25.4. The molecular formula is C31H35FN3O8P. The summed E-state index contributed by atoms with van der Waals surface area (Å²) in [5, 5.41) is 12.5. The molecule has 0 spiro atoms. The molecule has 0 saturated carbocycles. The van der Waals surface area contributed by atoms with Crippen LogP contribution in [-0.2, 0) is 27.1 Å². The molecule has 234 valence electrons. The molecule has 0 bridgehead atoms. The average molecular weight is 628 g/mol. The van der Waals surface area contributed by atoms with Crippen molar-refractivity contribution in [1.29, 1.82) is 0 Å². The summed E-state index contributed by atoms with van der Waals surface area (Å²) in [6, 6.07) is 18.4. The van der Waals surface area contributed by atoms with Crippen molar-refractivity contribution < 1.29 is 33.3 Å². The third-order valence-corrected chi connectivity index (χ3v) is 9.24. The number of nitrogens with one attached hydrogen (secondary N) is 1. The lowest BCUT2D eigenvalue weighted by Crippen LogP contribution is -2.43. The van der Waals surface area contributed by atoms with Crippen molar-refractivity contribution in [1.82, 2.24) is 9.55 Å². The minimum Gasteiger partial charge on any atom is -0.387 e. The molecular weight excluding hydrogens is 592 g/mol. The Balaban J connectivity index is 1.50. The van der Waals surface area contributed by atoms with Gasteiger partial charge in [-0.15, -0.1) is 0 Å². The van der Waals surface area contributed by atoms with Gasteiger partial charge in [0.05, 0.1) is 31.0 Å². The van der Waals surface area contributed by atoms with Gasteiger partial charge in [0, 0.05) is 18.7 Å². The predicted octanol–water partition coefficient (Wildman–Crippen LogP) is 3.73. The van der Waals surface area contributed by atoms with Crippen LogP contribution in [0.4, 0.5) is 10.1 Å². The summed E-state index contributed by atoms with van der Waals surface area (Å²) in [7, 11) is -4.94. The van der Waals surface area contributed by atoms with Crippen LogP contribution in [0.5, 0.6) is 0 Å². The number of benzene rings is 3. The second-order valence-corrected chi connectivity index (χ2v) is 12.7. The minimum absolute atomic E-state index is 0.0198. The molecule has 0 radical (unpaired) electrons. The van der Waals surface area contributed by atoms with E-state index in [9.17, 15) is 29.0 Å². The maximum Gasteiger partial charge on any atom is 0.430 e. The highest BCUT2D eigenvalue weighted by Crippen LogP contribution is 2.49. The molecule has 0 amide bonds. The van der Waals surface area contributed by atoms with Gasteiger partial charge in [-0.2, -0.15) is 0 Å². The van der Waals surface area contributed by atoms with Gasteiger partial charge in [-0.3, -0.25) is 19.0 Å². The Bertz CT molecular complexity index is 1820. The molecule has 2 heterocycles. The van der Waals surface area contributed by atoms with E-state index in [1.807, 2.05) is 43.3 Å². The van der Waals surface area contributed by atoms with Crippen molar-refractivity contribution in [3.05, 3.63) is 110 Å². The van der Waals surface area contributed by atoms with Crippen LogP contribution in [0.2, 0.25) is 0 Å². The Morgan fingerprint density at radius 1 is 1.11 bits per heavy atom. The molecule has 5 atom stereocenters. The average Bonchev–Trinajstić information content (AvgIpc) is 3.18. The normalized spacial score (nSPS) is 22.8. The lowest BCUT2D eigenvalue weighted by atomic mass is 9.91. The summed E-state index contributed by atoms with van der Waals surface area (Å²) in [4.78, 5) is 47.2. The Labute approximate surface area is 252 Å². The number of ether oxygens (including phenoxy) is 2. The summed E-state index contributed by atoms with van der Waals surface area (Å²) >= 11 is 0. The maximum atomic E-state index is 16.0. The van der Waals surface area contributed by atoms with E-state index in [-0.39, 0.29) is 25.3 Å². The van der Waals surface area contributed by atoms with Crippen LogP contribution in [0.15, 0.2) is 82.5 Å². The van der Waals surface area contributed by atoms with Crippen molar-refractivity contribution in [2.45, 2.75) is 63.9 Å². The Kier molecular flexibility index (Phi) is 8.95. The molecule has 13 heteroatoms. The van der Waals surface area contributed by atoms with Gasteiger partial charge in [-0.1, -0.05) is 54.6 Å². The fourth-order valence-electron chi connectivity index (χ4n) is 5.76. The monoisotopic (exact) mass is 627 g/mol. The standard InChI is InChI=1S/C31H35FN3O8P/c1-19-8-4-5-10-22(19)18-42-17-20(2)35(44(39,40)41)25-13-12-21-9-6-7-11-23(21)24(25)16-26-28(37)31(3,32)29(43-26)34-15-14-27(36)33-30(34)38/h4-15,20,26,28-29,37H,16-18H2,1-3H3,(H,33,36,38)(H2,39,40,41)/t20?,26-,28-,29-,31-/m1/s1. The summed E-state index contributed by atoms with van der Waals surface area (Å²) in [6.07, 6.45) is -3.58. The fourth-order valence-corrected chi connectivity index (χ4v) is 6.81. The first-order valence-electron chi connectivity index (χ1n) is 14.1. The van der Waals surface area contributed by atoms with E-state index >= 15 is 4.39 Å². The Morgan fingerprint density at radius 3 is 2.52 bits per heavy atom. The van der Waals surface area contributed by atoms with Gasteiger partial charge in [0.1, 0.15) is 6.10 Å². The summed E-state index contributed by atoms with van der Waals surface area (Å²) in [6.45, 7) is 4.91. The highest BCUT2D eigenvalue weighted by molar-refractivity contribution is 7.53. The lowest BCUT2D eigenvalue weighted by Gasteiger charge is -2.34. The largest absolute Gasteiger partial charge is 0.430 e. The zero-order valence-electron chi connectivity index (χ0n) is 24.5. The molecule has 1 aromatic heterocycles. The van der Waals surface area contributed by atoms with Crippen LogP contribution in [0.1, 0.15) is 36.8 Å². The van der Waals surface area contributed by atoms with Crippen LogP contribution < -0.4 is 15.9 Å². The second kappa shape index (κ2) is 12.4. The number of aliphatic hydroxyl groups is 1. The highest BCUT2D eigenvalue weighted by Gasteiger charge is 2.55. The van der Waals surface area contributed by atoms with Gasteiger partial charge in [0.2, 0.25) is 0 Å². The van der Waals surface area contributed by atoms with Crippen molar-refractivity contribution in [3.8, 4) is 0 Å². The number of H-pyrrole nitrogens is 1. The molecule has 1 fully saturated rings. The number of fused-ring (bicyclic) bond motifs is 1. The molecule has 1 aliphatic rings. The molecule has 11 nitrogen and oxygen atoms in total. The molecule has 1 unspecified atom stereocenters. The van der Waals surface area contributed by atoms with Gasteiger partial charge in [0.25, 0.3) is 5.56 Å². The number of aryl methyl sites for hydroxylation is 1. The molecule has 0 aliphatic carbocycles. The summed E-state index contributed by atoms with van der Waals surface area (Å²) < 4.78 is 42.7. The van der Waals surface area contributed by atoms with Gasteiger partial charge in [-0.25, -0.2) is 13.8 Å². The Hall–Kier alpha value is -3.64. The Morgan fingerprint density at radius 2 is 1.82 bits per heavy atom. The minimum atomic E-state index is -4.94. The van der Waals surface area contributed by atoms with E-state index < -0.39 is 49.1 Å². The van der Waals surface area contributed by atoms with E-state index in [0.29, 0.717) is 10.9 Å². The van der Waals surface area contributed by atoms with Crippen LogP contribution in [-0.4, -0.2) is 55.0 Å². The molecule has 4 aromatic rings. The zero-order chi connectivity index (χ0) is 31.8. The van der Waals surface area contributed by atoms with Crippen molar-refractivity contribution in [3.63, 3.8) is 0 Å². The maximum absolute atomic E-state index is 16.0. The first kappa shape index (κ1) is 31.8. The molecule has 1 saturated heterocycles. The van der Waals surface area contributed by atoms with Crippen molar-refractivity contribution in [2.24, 2.45) is 0 Å². The van der Waals surface area contributed by atoms with Crippen LogP contribution in [0.3, 0.4) is 0 Å². The van der Waals surface area contributed by atoms with Gasteiger partial charge < -0.3 is 24.4 Å². The number of halogens is 1. The molecule has 44 heavy (non-hydrogen) atoms. The highest BCUT2D eigenvalue weighted by atomic mass is 31.2. The van der Waals surface area contributed by atoms with Gasteiger partial charge in [0.15, 0.2) is 11.9 Å². The lowest BCUT2D eigenvalue weighted by molar-refractivity contribution is -0.0503. The smallest absolute Gasteiger partial charge is 0.387 e. The topological polar surface area (TPSA) is 154 Å². The van der Waals surface area contributed by atoms with Gasteiger partial charge in [-0.05, 0) is 54.3 Å². The number of nitrogens with zero attached hydrogens (tertiary/aromatic N) is 2. The van der Waals surface area contributed by atoms with Crippen LogP contribution in [0.25, 0.3) is 10.8 Å². The van der Waals surface area contributed by atoms with E-state index in [1.54, 1.807) is 31.2 Å². The van der Waals surface area contributed by atoms with E-state index in [1.165, 1.54) is 0 Å². The summed E-state index contributed by atoms with van der Waals surface area (Å²) in [5.74, 6) is 0. The molecule has 3 aromatic carbocycles. The van der Waals surface area contributed by atoms with Crippen molar-refractivity contribution in [2.75, 3.05) is 11.3 Å². The first-order chi connectivity index (χ1) is 20.8. The third kappa shape index (κ3) is 6.28. The molecule has 1 aliphatic heterocycles. The number of aliphatic hydroxyl groups excluding tert-OH is 1. The van der Waals surface area contributed by atoms with Crippen LogP contribution >= 0.6 is 7.75 Å². The molecule has 4 N–H and O–H groups in total. The van der Waals surface area contributed by atoms with Crippen molar-refractivity contribution >= 4 is 24.2 Å². The molecule has 5 rings (SSSR count). The summed E-state index contributed by atoms with van der Waals surface area (Å²) in [5.41, 5.74) is -1.46. The van der Waals surface area contributed by atoms with Crippen LogP contribution in [0, 0.1) is 6.92 Å². The van der Waals surface area contributed by atoms with Gasteiger partial charge >= 0.3 is 13.4 Å². The number of aromatic amines is 1. The predicted molar refractivity (Wildman–Crippen MR) is 163 cm³/mol. The van der Waals surface area contributed by atoms with E-state index in [2.05, 4.69) is 4.98 Å². The SMILES string of the molecule is Cc1ccccc1COCC(C)N(c1ccc2ccccc2c1C[C@H]1O[C@@H](n2ccc(=O)[nH]c2=O)[C@](C)(F)[C@@H]1O)P(=O)(O)O. The number of aromatic nitrogens is 2. The number of hydrogen-bond acceptors (Lipinski definition) is 6. The number of hydrogen-bond donors (Lipinski definition) is 4. The quantitative estimate of drug-likeness (QED) is 0.193.